The standard InChI is InChI=1S/C14H17N3O2/c1-10-9-19-8-7-17(10)12-5-6-15-14-11(12)3-2-4-13(18)16-14/h3-6,10,18H,2,7-9H2,1H3/t10-/m0/s1. The number of ether oxygens (including phenoxy) is 1. The van der Waals surface area contributed by atoms with Gasteiger partial charge < -0.3 is 14.7 Å². The van der Waals surface area contributed by atoms with Gasteiger partial charge in [-0.2, -0.15) is 4.99 Å². The summed E-state index contributed by atoms with van der Waals surface area (Å²) >= 11 is 0. The zero-order chi connectivity index (χ0) is 13.2. The van der Waals surface area contributed by atoms with Crippen molar-refractivity contribution in [1.82, 2.24) is 4.98 Å². The minimum Gasteiger partial charge on any atom is -0.493 e. The maximum atomic E-state index is 9.59. The number of hydrogen-bond donors (Lipinski definition) is 1. The van der Waals surface area contributed by atoms with E-state index in [0.717, 1.165) is 30.7 Å². The molecule has 1 aromatic heterocycles. The molecular formula is C14H17N3O2. The Morgan fingerprint density at radius 3 is 3.16 bits per heavy atom. The van der Waals surface area contributed by atoms with Crippen molar-refractivity contribution < 1.29 is 9.84 Å². The normalized spacial score (nSPS) is 22.7. The molecule has 0 spiro atoms. The quantitative estimate of drug-likeness (QED) is 0.798. The summed E-state index contributed by atoms with van der Waals surface area (Å²) in [5.41, 5.74) is 1.70. The van der Waals surface area contributed by atoms with Gasteiger partial charge in [0, 0.05) is 29.7 Å². The number of fused-ring (bicyclic) bond motifs is 1. The predicted octanol–water partition coefficient (Wildman–Crippen LogP) is 0.510. The number of rotatable bonds is 1. The van der Waals surface area contributed by atoms with Crippen molar-refractivity contribution >= 4 is 11.8 Å². The van der Waals surface area contributed by atoms with Gasteiger partial charge in [-0.05, 0) is 25.5 Å². The van der Waals surface area contributed by atoms with Crippen LogP contribution in [0.1, 0.15) is 13.3 Å². The maximum Gasteiger partial charge on any atom is 0.208 e. The average molecular weight is 259 g/mol. The third-order valence-corrected chi connectivity index (χ3v) is 3.47. The zero-order valence-electron chi connectivity index (χ0n) is 10.9. The molecule has 0 bridgehead atoms. The molecule has 100 valence electrons. The van der Waals surface area contributed by atoms with Crippen LogP contribution in [0.2, 0.25) is 0 Å². The third kappa shape index (κ3) is 2.33. The Hall–Kier alpha value is -1.88. The number of nitrogens with zero attached hydrogens (tertiary/aromatic N) is 3. The lowest BCUT2D eigenvalue weighted by atomic mass is 10.2. The van der Waals surface area contributed by atoms with E-state index in [1.54, 1.807) is 12.3 Å². The Bertz CT molecular complexity index is 624. The van der Waals surface area contributed by atoms with E-state index >= 15 is 0 Å². The topological polar surface area (TPSA) is 58.0 Å². The van der Waals surface area contributed by atoms with Gasteiger partial charge in [-0.25, -0.2) is 4.98 Å². The second-order valence-electron chi connectivity index (χ2n) is 4.80. The lowest BCUT2D eigenvalue weighted by Crippen LogP contribution is -2.47. The van der Waals surface area contributed by atoms with Crippen LogP contribution < -0.4 is 15.6 Å². The van der Waals surface area contributed by atoms with Gasteiger partial charge in [0.05, 0.1) is 13.2 Å². The molecule has 2 aliphatic rings. The van der Waals surface area contributed by atoms with E-state index in [4.69, 9.17) is 4.74 Å². The third-order valence-electron chi connectivity index (χ3n) is 3.47. The molecule has 19 heavy (non-hydrogen) atoms. The fourth-order valence-electron chi connectivity index (χ4n) is 2.51. The van der Waals surface area contributed by atoms with Crippen LogP contribution in [-0.2, 0) is 4.74 Å². The van der Waals surface area contributed by atoms with Gasteiger partial charge in [0.2, 0.25) is 5.88 Å². The molecule has 5 nitrogen and oxygen atoms in total. The predicted molar refractivity (Wildman–Crippen MR) is 72.4 cm³/mol. The molecule has 3 heterocycles. The SMILES string of the molecule is C[C@H]1COCCN1c1ccnc2c1=CCC=C(O)N=2. The first-order valence-corrected chi connectivity index (χ1v) is 6.53. The maximum absolute atomic E-state index is 9.59. The lowest BCUT2D eigenvalue weighted by Gasteiger charge is -2.35. The van der Waals surface area contributed by atoms with Crippen molar-refractivity contribution in [3.63, 3.8) is 0 Å². The van der Waals surface area contributed by atoms with Crippen molar-refractivity contribution in [3.8, 4) is 0 Å². The molecule has 1 fully saturated rings. The number of morpholine rings is 1. The molecule has 0 amide bonds. The van der Waals surface area contributed by atoms with E-state index in [0.29, 0.717) is 18.0 Å². The van der Waals surface area contributed by atoms with Crippen LogP contribution in [-0.4, -0.2) is 35.9 Å². The lowest BCUT2D eigenvalue weighted by molar-refractivity contribution is 0.0988. The van der Waals surface area contributed by atoms with Gasteiger partial charge in [0.25, 0.3) is 0 Å². The van der Waals surface area contributed by atoms with Crippen molar-refractivity contribution in [2.45, 2.75) is 19.4 Å². The smallest absolute Gasteiger partial charge is 0.208 e. The monoisotopic (exact) mass is 259 g/mol. The van der Waals surface area contributed by atoms with E-state index in [2.05, 4.69) is 27.9 Å². The van der Waals surface area contributed by atoms with Gasteiger partial charge in [-0.15, -0.1) is 0 Å². The second kappa shape index (κ2) is 5.01. The average Bonchev–Trinajstić information content (AvgIpc) is 2.59. The molecule has 3 rings (SSSR count). The van der Waals surface area contributed by atoms with Crippen LogP contribution >= 0.6 is 0 Å². The summed E-state index contributed by atoms with van der Waals surface area (Å²) in [5, 5.41) is 10.6. The zero-order valence-corrected chi connectivity index (χ0v) is 10.9. The van der Waals surface area contributed by atoms with Crippen molar-refractivity contribution in [2.24, 2.45) is 4.99 Å². The highest BCUT2D eigenvalue weighted by molar-refractivity contribution is 5.52. The molecule has 0 saturated carbocycles. The molecule has 1 aromatic rings. The number of aromatic nitrogens is 1. The van der Waals surface area contributed by atoms with Crippen LogP contribution in [0, 0.1) is 0 Å². The van der Waals surface area contributed by atoms with Crippen LogP contribution in [0.25, 0.3) is 6.08 Å². The van der Waals surface area contributed by atoms with E-state index in [-0.39, 0.29) is 5.88 Å². The summed E-state index contributed by atoms with van der Waals surface area (Å²) in [5.74, 6) is 0.0367. The van der Waals surface area contributed by atoms with E-state index in [1.165, 1.54) is 0 Å². The summed E-state index contributed by atoms with van der Waals surface area (Å²) in [6, 6.07) is 2.34. The van der Waals surface area contributed by atoms with Crippen molar-refractivity contribution in [2.75, 3.05) is 24.7 Å². The number of pyridine rings is 1. The Morgan fingerprint density at radius 2 is 2.32 bits per heavy atom. The van der Waals surface area contributed by atoms with Crippen molar-refractivity contribution in [3.05, 3.63) is 34.9 Å². The molecule has 1 saturated heterocycles. The minimum absolute atomic E-state index is 0.0367. The van der Waals surface area contributed by atoms with Crippen LogP contribution in [0.15, 0.2) is 29.2 Å². The van der Waals surface area contributed by atoms with Gasteiger partial charge in [0.15, 0.2) is 5.49 Å². The largest absolute Gasteiger partial charge is 0.493 e. The molecule has 0 aliphatic carbocycles. The summed E-state index contributed by atoms with van der Waals surface area (Å²) in [4.78, 5) is 10.7. The van der Waals surface area contributed by atoms with E-state index in [9.17, 15) is 5.11 Å². The van der Waals surface area contributed by atoms with Crippen LogP contribution in [0.3, 0.4) is 0 Å². The van der Waals surface area contributed by atoms with Crippen LogP contribution in [0.4, 0.5) is 5.69 Å². The minimum atomic E-state index is 0.0367. The molecule has 0 aromatic carbocycles. The van der Waals surface area contributed by atoms with E-state index < -0.39 is 0 Å². The number of anilines is 1. The number of aliphatic hydroxyl groups excluding tert-OH is 1. The van der Waals surface area contributed by atoms with Gasteiger partial charge >= 0.3 is 0 Å². The highest BCUT2D eigenvalue weighted by atomic mass is 16.5. The summed E-state index contributed by atoms with van der Waals surface area (Å²) in [7, 11) is 0. The first kappa shape index (κ1) is 12.2. The van der Waals surface area contributed by atoms with Crippen LogP contribution in [0.5, 0.6) is 0 Å². The Balaban J connectivity index is 2.12. The highest BCUT2D eigenvalue weighted by Crippen LogP contribution is 2.14. The molecule has 5 heteroatoms. The molecule has 0 radical (unpaired) electrons. The molecule has 2 aliphatic heterocycles. The Labute approximate surface area is 111 Å². The fourth-order valence-corrected chi connectivity index (χ4v) is 2.51. The molecule has 1 N–H and O–H groups in total. The molecule has 0 unspecified atom stereocenters. The second-order valence-corrected chi connectivity index (χ2v) is 4.80. The fraction of sp³-hybridized carbons (Fsp3) is 0.429. The first-order chi connectivity index (χ1) is 9.25. The van der Waals surface area contributed by atoms with E-state index in [1.807, 2.05) is 6.07 Å². The van der Waals surface area contributed by atoms with Gasteiger partial charge in [-0.1, -0.05) is 6.08 Å². The summed E-state index contributed by atoms with van der Waals surface area (Å²) in [6.45, 7) is 4.49. The first-order valence-electron chi connectivity index (χ1n) is 6.53. The molecule has 1 atom stereocenters. The number of allylic oxidation sites excluding steroid dienone is 1. The summed E-state index contributed by atoms with van der Waals surface area (Å²) in [6.07, 6.45) is 6.16. The number of aliphatic hydroxyl groups is 1. The van der Waals surface area contributed by atoms with Crippen molar-refractivity contribution in [1.29, 1.82) is 0 Å². The Kier molecular flexibility index (Phi) is 3.21. The molecular weight excluding hydrogens is 242 g/mol. The Morgan fingerprint density at radius 1 is 1.42 bits per heavy atom. The number of hydrogen-bond acceptors (Lipinski definition) is 5. The van der Waals surface area contributed by atoms with Gasteiger partial charge in [-0.3, -0.25) is 0 Å². The summed E-state index contributed by atoms with van der Waals surface area (Å²) < 4.78 is 5.48. The highest BCUT2D eigenvalue weighted by Gasteiger charge is 2.20. The van der Waals surface area contributed by atoms with Gasteiger partial charge in [0.1, 0.15) is 0 Å².